The molecule has 7 nitrogen and oxygen atoms in total. The number of anilines is 1. The second kappa shape index (κ2) is 10.3. The zero-order valence-electron chi connectivity index (χ0n) is 19.6. The molecule has 2 heterocycles. The molecule has 38 heavy (non-hydrogen) atoms. The van der Waals surface area contributed by atoms with Crippen molar-refractivity contribution in [2.24, 2.45) is 0 Å². The van der Waals surface area contributed by atoms with Crippen molar-refractivity contribution in [1.29, 1.82) is 0 Å². The zero-order valence-corrected chi connectivity index (χ0v) is 20.4. The van der Waals surface area contributed by atoms with Gasteiger partial charge < -0.3 is 14.2 Å². The van der Waals surface area contributed by atoms with Gasteiger partial charge in [0, 0.05) is 11.1 Å². The van der Waals surface area contributed by atoms with E-state index in [4.69, 9.17) is 14.2 Å². The van der Waals surface area contributed by atoms with Crippen LogP contribution in [-0.2, 0) is 32.2 Å². The third-order valence-electron chi connectivity index (χ3n) is 6.14. The van der Waals surface area contributed by atoms with E-state index >= 15 is 0 Å². The molecule has 3 aromatic carbocycles. The van der Waals surface area contributed by atoms with Crippen LogP contribution in [0.15, 0.2) is 71.3 Å². The van der Waals surface area contributed by atoms with Gasteiger partial charge in [-0.2, -0.15) is 13.2 Å². The van der Waals surface area contributed by atoms with Crippen molar-refractivity contribution < 1.29 is 40.6 Å². The Kier molecular flexibility index (Phi) is 7.59. The minimum absolute atomic E-state index is 0. The van der Waals surface area contributed by atoms with Crippen LogP contribution in [-0.4, -0.2) is 57.8 Å². The number of nitrogens with zero attached hydrogens (tertiary/aromatic N) is 1. The van der Waals surface area contributed by atoms with Crippen molar-refractivity contribution in [1.82, 2.24) is 0 Å². The summed E-state index contributed by atoms with van der Waals surface area (Å²) in [5.41, 5.74) is -1.21. The van der Waals surface area contributed by atoms with Crippen molar-refractivity contribution in [2.45, 2.75) is 24.4 Å². The van der Waals surface area contributed by atoms with Gasteiger partial charge in [-0.05, 0) is 47.9 Å². The number of carbonyl (C=O) groups excluding carboxylic acids is 1. The van der Waals surface area contributed by atoms with E-state index in [1.807, 2.05) is 6.92 Å². The summed E-state index contributed by atoms with van der Waals surface area (Å²) >= 11 is 0. The maximum absolute atomic E-state index is 14.0. The summed E-state index contributed by atoms with van der Waals surface area (Å²) in [6.07, 6.45) is -4.39. The molecule has 2 aliphatic heterocycles. The fourth-order valence-electron chi connectivity index (χ4n) is 4.55. The van der Waals surface area contributed by atoms with Gasteiger partial charge in [0.15, 0.2) is 17.2 Å². The molecule has 0 radical (unpaired) electrons. The number of rotatable bonds is 4. The summed E-state index contributed by atoms with van der Waals surface area (Å²) in [5.74, 6) is -0.234. The first-order valence-electron chi connectivity index (χ1n) is 11.2. The van der Waals surface area contributed by atoms with E-state index in [1.54, 1.807) is 18.2 Å². The molecule has 0 aromatic heterocycles. The summed E-state index contributed by atoms with van der Waals surface area (Å²) in [6, 6.07) is 13.3. The number of ether oxygens (including phenoxy) is 3. The summed E-state index contributed by atoms with van der Waals surface area (Å²) in [7, 11) is -3.64. The van der Waals surface area contributed by atoms with E-state index in [1.165, 1.54) is 24.3 Å². The normalized spacial score (nSPS) is 15.6. The molecule has 0 N–H and O–H groups in total. The Morgan fingerprint density at radius 2 is 1.74 bits per heavy atom. The maximum atomic E-state index is 14.0. The fourth-order valence-corrected chi connectivity index (χ4v) is 6.27. The molecule has 0 atom stereocenters. The van der Waals surface area contributed by atoms with Crippen LogP contribution in [0, 0.1) is 0 Å². The molecule has 12 heteroatoms. The summed E-state index contributed by atoms with van der Waals surface area (Å²) in [4.78, 5) is 13.0. The second-order valence-corrected chi connectivity index (χ2v) is 9.97. The third kappa shape index (κ3) is 4.47. The Morgan fingerprint density at radius 3 is 2.42 bits per heavy atom. The molecule has 0 unspecified atom stereocenters. The molecule has 194 valence electrons. The number of hydrogen-bond donors (Lipinski definition) is 0. The van der Waals surface area contributed by atoms with Gasteiger partial charge in [0.05, 0.1) is 23.3 Å². The summed E-state index contributed by atoms with van der Waals surface area (Å²) in [6.45, 7) is 1.85. The monoisotopic (exact) mass is 555 g/mol. The van der Waals surface area contributed by atoms with Gasteiger partial charge in [0.2, 0.25) is 6.79 Å². The molecule has 2 aliphatic rings. The van der Waals surface area contributed by atoms with Gasteiger partial charge in [-0.3, -0.25) is 0 Å². The van der Waals surface area contributed by atoms with Gasteiger partial charge in [-0.15, -0.1) is 0 Å². The molecular weight excluding hydrogens is 534 g/mol. The summed E-state index contributed by atoms with van der Waals surface area (Å²) < 4.78 is 86.3. The molecule has 0 amide bonds. The van der Waals surface area contributed by atoms with E-state index < -0.39 is 39.1 Å². The Balaban J connectivity index is 0.00000336. The topological polar surface area (TPSA) is 82.1 Å². The standard InChI is InChI=1S/C26H20F3NO6S.Na.H/c1-3-15-12-16(13-20-24(15)36-14-35-20)22-17-8-4-7-11-21(17)37(32,33)30(23(22)25(31)34-2)19-10-6-5-9-18(19)26(27,28)29;;/h4-13H,3,14H2,1-2H3;;. The van der Waals surface area contributed by atoms with E-state index in [2.05, 4.69) is 0 Å². The number of benzene rings is 3. The Morgan fingerprint density at radius 1 is 1.05 bits per heavy atom. The Labute approximate surface area is 239 Å². The first-order valence-corrected chi connectivity index (χ1v) is 12.6. The molecule has 0 fully saturated rings. The van der Waals surface area contributed by atoms with Crippen LogP contribution >= 0.6 is 0 Å². The van der Waals surface area contributed by atoms with Crippen molar-refractivity contribution >= 4 is 56.8 Å². The van der Waals surface area contributed by atoms with E-state index in [0.29, 0.717) is 27.8 Å². The number of methoxy groups -OCH3 is 1. The van der Waals surface area contributed by atoms with Crippen LogP contribution < -0.4 is 13.8 Å². The van der Waals surface area contributed by atoms with Gasteiger partial charge >= 0.3 is 41.7 Å². The van der Waals surface area contributed by atoms with Crippen LogP contribution in [0.5, 0.6) is 11.5 Å². The molecule has 0 aliphatic carbocycles. The van der Waals surface area contributed by atoms with Gasteiger partial charge in [0.25, 0.3) is 10.0 Å². The molecule has 0 bridgehead atoms. The first-order chi connectivity index (χ1) is 17.6. The summed E-state index contributed by atoms with van der Waals surface area (Å²) in [5, 5.41) is 0. The second-order valence-electron chi connectivity index (χ2n) is 8.22. The molecule has 0 saturated heterocycles. The predicted octanol–water partition coefficient (Wildman–Crippen LogP) is 4.49. The van der Waals surface area contributed by atoms with Crippen molar-refractivity contribution in [2.75, 3.05) is 18.2 Å². The van der Waals surface area contributed by atoms with E-state index in [-0.39, 0.29) is 52.4 Å². The molecular formula is C26H21F3NNaO6S. The number of alkyl halides is 3. The predicted molar refractivity (Wildman–Crippen MR) is 135 cm³/mol. The van der Waals surface area contributed by atoms with E-state index in [9.17, 15) is 26.4 Å². The quantitative estimate of drug-likeness (QED) is 0.349. The average Bonchev–Trinajstić information content (AvgIpc) is 3.35. The number of aryl methyl sites for hydroxylation is 1. The third-order valence-corrected chi connectivity index (χ3v) is 7.91. The van der Waals surface area contributed by atoms with Crippen LogP contribution in [0.4, 0.5) is 18.9 Å². The van der Waals surface area contributed by atoms with Crippen LogP contribution in [0.25, 0.3) is 5.57 Å². The van der Waals surface area contributed by atoms with Gasteiger partial charge in [-0.25, -0.2) is 17.5 Å². The first kappa shape index (κ1) is 28.0. The Hall–Kier alpha value is -2.99. The van der Waals surface area contributed by atoms with Crippen molar-refractivity contribution in [3.63, 3.8) is 0 Å². The van der Waals surface area contributed by atoms with E-state index in [0.717, 1.165) is 30.9 Å². The van der Waals surface area contributed by atoms with Crippen molar-refractivity contribution in [3.8, 4) is 11.5 Å². The fraction of sp³-hybridized carbons (Fsp3) is 0.192. The van der Waals surface area contributed by atoms with Crippen LogP contribution in [0.3, 0.4) is 0 Å². The van der Waals surface area contributed by atoms with Crippen molar-refractivity contribution in [3.05, 3.63) is 88.6 Å². The Bertz CT molecular complexity index is 1570. The number of hydrogen-bond acceptors (Lipinski definition) is 6. The molecule has 0 spiro atoms. The number of esters is 1. The van der Waals surface area contributed by atoms with Crippen LogP contribution in [0.2, 0.25) is 0 Å². The average molecular weight is 556 g/mol. The zero-order chi connectivity index (χ0) is 26.5. The molecule has 0 saturated carbocycles. The minimum atomic E-state index is -4.90. The number of carbonyl (C=O) groups is 1. The molecule has 5 rings (SSSR count). The number of fused-ring (bicyclic) bond motifs is 2. The van der Waals surface area contributed by atoms with Gasteiger partial charge in [0.1, 0.15) is 0 Å². The van der Waals surface area contributed by atoms with Crippen LogP contribution in [0.1, 0.15) is 29.2 Å². The van der Waals surface area contributed by atoms with Gasteiger partial charge in [-0.1, -0.05) is 37.3 Å². The number of sulfonamides is 1. The number of halogens is 3. The molecule has 3 aromatic rings. The SMILES string of the molecule is CCc1cc(C2=C(C(=O)OC)N(c3ccccc3C(F)(F)F)S(=O)(=O)c3ccccc32)cc2c1OCO2.[NaH]. The number of para-hydroxylation sites is 1.